The number of rotatable bonds is 4. The van der Waals surface area contributed by atoms with Gasteiger partial charge in [-0.05, 0) is 11.6 Å². The summed E-state index contributed by atoms with van der Waals surface area (Å²) in [6, 6.07) is 7.47. The highest BCUT2D eigenvalue weighted by Gasteiger charge is 2.13. The molecule has 1 aliphatic heterocycles. The number of hydrazine groups is 1. The number of nitrogens with zero attached hydrogens (tertiary/aromatic N) is 1. The van der Waals surface area contributed by atoms with E-state index in [4.69, 9.17) is 9.47 Å². The van der Waals surface area contributed by atoms with Crippen molar-refractivity contribution in [2.45, 2.75) is 6.54 Å². The summed E-state index contributed by atoms with van der Waals surface area (Å²) < 4.78 is 10.0. The van der Waals surface area contributed by atoms with Crippen LogP contribution in [0.3, 0.4) is 0 Å². The highest BCUT2D eigenvalue weighted by molar-refractivity contribution is 5.90. The van der Waals surface area contributed by atoms with E-state index in [9.17, 15) is 4.79 Å². The molecular formula is C13H18N2O3. The Bertz CT molecular complexity index is 403. The number of hydrogen-bond donors (Lipinski definition) is 1. The minimum atomic E-state index is -0.297. The van der Waals surface area contributed by atoms with Crippen LogP contribution >= 0.6 is 0 Å². The van der Waals surface area contributed by atoms with Gasteiger partial charge in [-0.3, -0.25) is 5.43 Å². The molecule has 1 heterocycles. The van der Waals surface area contributed by atoms with Crippen LogP contribution in [-0.2, 0) is 16.0 Å². The fourth-order valence-electron chi connectivity index (χ4n) is 1.90. The van der Waals surface area contributed by atoms with Gasteiger partial charge in [-0.15, -0.1) is 0 Å². The van der Waals surface area contributed by atoms with Crippen molar-refractivity contribution >= 4 is 5.97 Å². The summed E-state index contributed by atoms with van der Waals surface area (Å²) in [6.45, 7) is 3.82. The SMILES string of the molecule is COC(=O)c1ccccc1CNN1CCOCC1. The van der Waals surface area contributed by atoms with E-state index < -0.39 is 0 Å². The van der Waals surface area contributed by atoms with Crippen molar-refractivity contribution in [1.29, 1.82) is 0 Å². The van der Waals surface area contributed by atoms with E-state index in [0.29, 0.717) is 12.1 Å². The third-order valence-corrected chi connectivity index (χ3v) is 2.93. The molecule has 1 aromatic carbocycles. The number of morpholine rings is 1. The molecule has 0 saturated carbocycles. The summed E-state index contributed by atoms with van der Waals surface area (Å²) in [5.41, 5.74) is 4.86. The zero-order valence-electron chi connectivity index (χ0n) is 10.5. The normalized spacial score (nSPS) is 16.5. The van der Waals surface area contributed by atoms with E-state index in [1.807, 2.05) is 18.2 Å². The Kier molecular flexibility index (Phi) is 4.69. The van der Waals surface area contributed by atoms with Gasteiger partial charge in [-0.2, -0.15) is 0 Å². The first kappa shape index (κ1) is 13.0. The summed E-state index contributed by atoms with van der Waals surface area (Å²) in [6.07, 6.45) is 0. The Balaban J connectivity index is 1.97. The van der Waals surface area contributed by atoms with Gasteiger partial charge in [0, 0.05) is 19.6 Å². The highest BCUT2D eigenvalue weighted by atomic mass is 16.5. The minimum absolute atomic E-state index is 0.297. The summed E-state index contributed by atoms with van der Waals surface area (Å²) in [7, 11) is 1.40. The number of nitrogens with one attached hydrogen (secondary N) is 1. The third kappa shape index (κ3) is 3.29. The lowest BCUT2D eigenvalue weighted by Gasteiger charge is -2.27. The predicted octanol–water partition coefficient (Wildman–Crippen LogP) is 0.810. The standard InChI is InChI=1S/C13H18N2O3/c1-17-13(16)12-5-3-2-4-11(12)10-14-15-6-8-18-9-7-15/h2-5,14H,6-10H2,1H3. The zero-order chi connectivity index (χ0) is 12.8. The fraction of sp³-hybridized carbons (Fsp3) is 0.462. The number of ether oxygens (including phenoxy) is 2. The third-order valence-electron chi connectivity index (χ3n) is 2.93. The Hall–Kier alpha value is -1.43. The van der Waals surface area contributed by atoms with Crippen LogP contribution in [0.1, 0.15) is 15.9 Å². The first-order chi connectivity index (χ1) is 8.81. The molecule has 0 bridgehead atoms. The molecule has 1 fully saturated rings. The number of carbonyl (C=O) groups is 1. The molecule has 5 nitrogen and oxygen atoms in total. The summed E-state index contributed by atoms with van der Waals surface area (Å²) in [4.78, 5) is 11.6. The number of benzene rings is 1. The highest BCUT2D eigenvalue weighted by Crippen LogP contribution is 2.10. The fourth-order valence-corrected chi connectivity index (χ4v) is 1.90. The summed E-state index contributed by atoms with van der Waals surface area (Å²) in [5.74, 6) is -0.297. The van der Waals surface area contributed by atoms with Crippen LogP contribution in [0.2, 0.25) is 0 Å². The molecule has 0 amide bonds. The van der Waals surface area contributed by atoms with Gasteiger partial charge in [0.1, 0.15) is 0 Å². The van der Waals surface area contributed by atoms with Crippen molar-refractivity contribution in [2.75, 3.05) is 33.4 Å². The smallest absolute Gasteiger partial charge is 0.338 e. The maximum Gasteiger partial charge on any atom is 0.338 e. The van der Waals surface area contributed by atoms with Crippen molar-refractivity contribution in [3.8, 4) is 0 Å². The van der Waals surface area contributed by atoms with Crippen molar-refractivity contribution in [1.82, 2.24) is 10.4 Å². The average molecular weight is 250 g/mol. The molecule has 18 heavy (non-hydrogen) atoms. The van der Waals surface area contributed by atoms with Crippen molar-refractivity contribution in [3.05, 3.63) is 35.4 Å². The van der Waals surface area contributed by atoms with Gasteiger partial charge in [-0.1, -0.05) is 18.2 Å². The van der Waals surface area contributed by atoms with Crippen LogP contribution in [-0.4, -0.2) is 44.4 Å². The molecule has 0 aliphatic carbocycles. The molecule has 1 saturated heterocycles. The molecule has 2 rings (SSSR count). The minimum Gasteiger partial charge on any atom is -0.465 e. The molecule has 1 aliphatic rings. The molecule has 98 valence electrons. The van der Waals surface area contributed by atoms with Crippen LogP contribution in [0.15, 0.2) is 24.3 Å². The molecule has 0 radical (unpaired) electrons. The van der Waals surface area contributed by atoms with E-state index in [2.05, 4.69) is 10.4 Å². The van der Waals surface area contributed by atoms with E-state index >= 15 is 0 Å². The Morgan fingerprint density at radius 2 is 2.11 bits per heavy atom. The largest absolute Gasteiger partial charge is 0.465 e. The molecule has 1 aromatic rings. The quantitative estimate of drug-likeness (QED) is 0.801. The number of carbonyl (C=O) groups excluding carboxylic acids is 1. The van der Waals surface area contributed by atoms with Gasteiger partial charge in [-0.25, -0.2) is 9.80 Å². The molecular weight excluding hydrogens is 232 g/mol. The van der Waals surface area contributed by atoms with Gasteiger partial charge >= 0.3 is 5.97 Å². The topological polar surface area (TPSA) is 50.8 Å². The Labute approximate surface area is 107 Å². The summed E-state index contributed by atoms with van der Waals surface area (Å²) >= 11 is 0. The second-order valence-corrected chi connectivity index (χ2v) is 4.08. The lowest BCUT2D eigenvalue weighted by molar-refractivity contribution is 0.0104. The van der Waals surface area contributed by atoms with Gasteiger partial charge in [0.15, 0.2) is 0 Å². The second kappa shape index (κ2) is 6.49. The molecule has 1 N–H and O–H groups in total. The van der Waals surface area contributed by atoms with Crippen LogP contribution < -0.4 is 5.43 Å². The second-order valence-electron chi connectivity index (χ2n) is 4.08. The van der Waals surface area contributed by atoms with E-state index in [1.165, 1.54) is 7.11 Å². The maximum absolute atomic E-state index is 11.6. The van der Waals surface area contributed by atoms with E-state index in [1.54, 1.807) is 6.07 Å². The van der Waals surface area contributed by atoms with E-state index in [-0.39, 0.29) is 5.97 Å². The molecule has 0 spiro atoms. The number of esters is 1. The van der Waals surface area contributed by atoms with Gasteiger partial charge in [0.2, 0.25) is 0 Å². The van der Waals surface area contributed by atoms with Gasteiger partial charge in [0.05, 0.1) is 25.9 Å². The maximum atomic E-state index is 11.6. The van der Waals surface area contributed by atoms with Crippen molar-refractivity contribution in [2.24, 2.45) is 0 Å². The predicted molar refractivity (Wildman–Crippen MR) is 67.0 cm³/mol. The molecule has 0 atom stereocenters. The number of methoxy groups -OCH3 is 1. The van der Waals surface area contributed by atoms with Gasteiger partial charge < -0.3 is 9.47 Å². The average Bonchev–Trinajstić information content (AvgIpc) is 2.45. The molecule has 0 aromatic heterocycles. The lowest BCUT2D eigenvalue weighted by Crippen LogP contribution is -2.45. The van der Waals surface area contributed by atoms with Crippen LogP contribution in [0, 0.1) is 0 Å². The van der Waals surface area contributed by atoms with Crippen LogP contribution in [0.5, 0.6) is 0 Å². The molecule has 5 heteroatoms. The van der Waals surface area contributed by atoms with E-state index in [0.717, 1.165) is 31.9 Å². The Morgan fingerprint density at radius 1 is 1.39 bits per heavy atom. The first-order valence-corrected chi connectivity index (χ1v) is 6.03. The monoisotopic (exact) mass is 250 g/mol. The van der Waals surface area contributed by atoms with Gasteiger partial charge in [0.25, 0.3) is 0 Å². The zero-order valence-corrected chi connectivity index (χ0v) is 10.5. The number of hydrogen-bond acceptors (Lipinski definition) is 5. The van der Waals surface area contributed by atoms with Crippen LogP contribution in [0.25, 0.3) is 0 Å². The lowest BCUT2D eigenvalue weighted by atomic mass is 10.1. The Morgan fingerprint density at radius 3 is 2.83 bits per heavy atom. The molecule has 0 unspecified atom stereocenters. The first-order valence-electron chi connectivity index (χ1n) is 6.03. The summed E-state index contributed by atoms with van der Waals surface area (Å²) in [5, 5.41) is 2.11. The van der Waals surface area contributed by atoms with Crippen LogP contribution in [0.4, 0.5) is 0 Å². The van der Waals surface area contributed by atoms with Crippen molar-refractivity contribution < 1.29 is 14.3 Å². The van der Waals surface area contributed by atoms with Crippen molar-refractivity contribution in [3.63, 3.8) is 0 Å².